The van der Waals surface area contributed by atoms with Gasteiger partial charge >= 0.3 is 132 Å². The molecule has 0 aromatic heterocycles. The van der Waals surface area contributed by atoms with Crippen molar-refractivity contribution in [3.8, 4) is 0 Å². The second-order valence-electron chi connectivity index (χ2n) is 5.08. The van der Waals surface area contributed by atoms with Gasteiger partial charge in [0.15, 0.2) is 0 Å². The first-order chi connectivity index (χ1) is 9.74. The average Bonchev–Trinajstić information content (AvgIpc) is 2.81. The first kappa shape index (κ1) is 14.6. The van der Waals surface area contributed by atoms with Crippen LogP contribution in [0.5, 0.6) is 0 Å². The van der Waals surface area contributed by atoms with E-state index in [2.05, 4.69) is 74.3 Å². The second-order valence-corrected chi connectivity index (χ2v) is 18.5. The first-order valence-electron chi connectivity index (χ1n) is 7.07. The molecule has 0 bridgehead atoms. The number of halogens is 1. The van der Waals surface area contributed by atoms with E-state index >= 15 is 0 Å². The molecule has 1 aliphatic heterocycles. The Morgan fingerprint density at radius 1 is 1.05 bits per heavy atom. The Kier molecular flexibility index (Phi) is 4.52. The van der Waals surface area contributed by atoms with Gasteiger partial charge in [0.2, 0.25) is 0 Å². The van der Waals surface area contributed by atoms with E-state index in [1.54, 1.807) is 0 Å². The molecule has 2 aromatic rings. The number of unbranched alkanes of at least 4 members (excludes halogenated alkanes) is 1. The quantitative estimate of drug-likeness (QED) is 0.621. The van der Waals surface area contributed by atoms with Crippen LogP contribution in [-0.2, 0) is 3.10 Å². The predicted molar refractivity (Wildman–Crippen MR) is 89.8 cm³/mol. The van der Waals surface area contributed by atoms with E-state index in [0.717, 1.165) is 0 Å². The predicted octanol–water partition coefficient (Wildman–Crippen LogP) is 4.65. The van der Waals surface area contributed by atoms with Gasteiger partial charge in [-0.15, -0.1) is 0 Å². The number of hydrogen-bond donors (Lipinski definition) is 0. The van der Waals surface area contributed by atoms with Crippen LogP contribution < -0.4 is 3.61 Å². The number of rotatable bonds is 4. The molecule has 0 saturated carbocycles. The first-order valence-corrected chi connectivity index (χ1v) is 16.1. The minimum absolute atomic E-state index is 0.116. The van der Waals surface area contributed by atoms with E-state index in [-0.39, 0.29) is 6.10 Å². The van der Waals surface area contributed by atoms with E-state index in [1.165, 1.54) is 32.0 Å². The summed E-state index contributed by atoms with van der Waals surface area (Å²) in [5, 5.41) is 0. The molecule has 106 valence electrons. The standard InChI is InChI=1S/C17H19BrOTe/c1-2-3-13-20(18)16-12-8-7-11-15(16)17(19-20)14-9-5-4-6-10-14/h4-12,17H,2-3,13H2,1H3. The molecule has 3 rings (SSSR count). The molecular weight excluding hydrogens is 428 g/mol. The van der Waals surface area contributed by atoms with Crippen LogP contribution in [0.2, 0.25) is 4.47 Å². The van der Waals surface area contributed by atoms with Crippen LogP contribution in [0.3, 0.4) is 0 Å². The Balaban J connectivity index is 2.00. The van der Waals surface area contributed by atoms with Crippen molar-refractivity contribution in [2.24, 2.45) is 0 Å². The number of hydrogen-bond acceptors (Lipinski definition) is 1. The molecule has 0 N–H and O–H groups in total. The third kappa shape index (κ3) is 2.70. The van der Waals surface area contributed by atoms with Crippen LogP contribution in [0.25, 0.3) is 0 Å². The summed E-state index contributed by atoms with van der Waals surface area (Å²) in [5.74, 6) is 0. The fraction of sp³-hybridized carbons (Fsp3) is 0.294. The fourth-order valence-electron chi connectivity index (χ4n) is 2.58. The second kappa shape index (κ2) is 6.20. The van der Waals surface area contributed by atoms with Gasteiger partial charge in [-0.05, 0) is 0 Å². The molecule has 0 radical (unpaired) electrons. The molecule has 1 nitrogen and oxygen atoms in total. The van der Waals surface area contributed by atoms with E-state index in [4.69, 9.17) is 3.10 Å². The monoisotopic (exact) mass is 448 g/mol. The van der Waals surface area contributed by atoms with Crippen molar-refractivity contribution in [3.05, 3.63) is 65.7 Å². The summed E-state index contributed by atoms with van der Waals surface area (Å²) < 4.78 is 9.28. The average molecular weight is 447 g/mol. The van der Waals surface area contributed by atoms with Gasteiger partial charge in [0.05, 0.1) is 0 Å². The summed E-state index contributed by atoms with van der Waals surface area (Å²) >= 11 is 1.49. The van der Waals surface area contributed by atoms with Crippen molar-refractivity contribution in [2.45, 2.75) is 30.3 Å². The van der Waals surface area contributed by atoms with Gasteiger partial charge in [-0.25, -0.2) is 0 Å². The van der Waals surface area contributed by atoms with Gasteiger partial charge in [0.1, 0.15) is 0 Å². The van der Waals surface area contributed by atoms with Gasteiger partial charge in [0, 0.05) is 0 Å². The van der Waals surface area contributed by atoms with Gasteiger partial charge in [0.25, 0.3) is 0 Å². The molecule has 0 saturated heterocycles. The molecule has 20 heavy (non-hydrogen) atoms. The van der Waals surface area contributed by atoms with Crippen molar-refractivity contribution < 1.29 is 3.10 Å². The Morgan fingerprint density at radius 3 is 2.50 bits per heavy atom. The fourth-order valence-corrected chi connectivity index (χ4v) is 14.0. The number of fused-ring (bicyclic) bond motifs is 1. The van der Waals surface area contributed by atoms with Crippen LogP contribution in [0.1, 0.15) is 37.0 Å². The molecule has 3 heteroatoms. The van der Waals surface area contributed by atoms with E-state index < -0.39 is 16.4 Å². The van der Waals surface area contributed by atoms with Gasteiger partial charge in [-0.2, -0.15) is 0 Å². The van der Waals surface area contributed by atoms with Crippen LogP contribution in [0, 0.1) is 0 Å². The van der Waals surface area contributed by atoms with Crippen molar-refractivity contribution in [1.29, 1.82) is 0 Å². The van der Waals surface area contributed by atoms with E-state index in [9.17, 15) is 0 Å². The molecule has 0 aliphatic carbocycles. The summed E-state index contributed by atoms with van der Waals surface area (Å²) in [4.78, 5) is 0. The SMILES string of the molecule is CCCC[Te]1(Br)OC(c2ccccc2)c2ccccc21. The third-order valence-electron chi connectivity index (χ3n) is 3.64. The number of benzene rings is 2. The summed E-state index contributed by atoms with van der Waals surface area (Å²) in [7, 11) is 0. The van der Waals surface area contributed by atoms with Crippen molar-refractivity contribution >= 4 is 32.8 Å². The van der Waals surface area contributed by atoms with Crippen molar-refractivity contribution in [1.82, 2.24) is 0 Å². The summed E-state index contributed by atoms with van der Waals surface area (Å²) in [6.07, 6.45) is 2.58. The molecule has 1 heterocycles. The maximum atomic E-state index is 6.61. The van der Waals surface area contributed by atoms with Crippen LogP contribution in [0.4, 0.5) is 0 Å². The zero-order valence-corrected chi connectivity index (χ0v) is 15.5. The Hall–Kier alpha value is -0.330. The molecule has 1 aliphatic rings. The maximum absolute atomic E-state index is 6.61. The van der Waals surface area contributed by atoms with Crippen LogP contribution in [-0.4, -0.2) is 16.4 Å². The zero-order valence-electron chi connectivity index (χ0n) is 11.6. The molecular formula is C17H19BrOTe. The van der Waals surface area contributed by atoms with Crippen LogP contribution >= 0.6 is 12.8 Å². The molecule has 2 aromatic carbocycles. The Bertz CT molecular complexity index is 587. The normalized spacial score (nSPS) is 27.8. The third-order valence-corrected chi connectivity index (χ3v) is 15.9. The minimum atomic E-state index is -2.56. The summed E-state index contributed by atoms with van der Waals surface area (Å²) in [6, 6.07) is 19.3. The topological polar surface area (TPSA) is 9.23 Å². The Morgan fingerprint density at radius 2 is 1.75 bits per heavy atom. The van der Waals surface area contributed by atoms with Gasteiger partial charge in [-0.1, -0.05) is 0 Å². The molecule has 0 amide bonds. The molecule has 2 atom stereocenters. The van der Waals surface area contributed by atoms with E-state index in [1.807, 2.05) is 0 Å². The summed E-state index contributed by atoms with van der Waals surface area (Å²) in [5.41, 5.74) is 2.64. The van der Waals surface area contributed by atoms with Gasteiger partial charge in [-0.3, -0.25) is 0 Å². The van der Waals surface area contributed by atoms with E-state index in [0.29, 0.717) is 0 Å². The van der Waals surface area contributed by atoms with Crippen molar-refractivity contribution in [2.75, 3.05) is 0 Å². The van der Waals surface area contributed by atoms with Crippen LogP contribution in [0.15, 0.2) is 54.6 Å². The zero-order chi connectivity index (χ0) is 14.0. The summed E-state index contributed by atoms with van der Waals surface area (Å²) in [6.45, 7) is 2.24. The molecule has 2 unspecified atom stereocenters. The van der Waals surface area contributed by atoms with Gasteiger partial charge < -0.3 is 0 Å². The molecule has 0 fully saturated rings. The Labute approximate surface area is 131 Å². The van der Waals surface area contributed by atoms with Crippen molar-refractivity contribution in [3.63, 3.8) is 0 Å². The molecule has 0 spiro atoms.